The molecule has 2 amide bonds. The van der Waals surface area contributed by atoms with Gasteiger partial charge in [0.15, 0.2) is 0 Å². The number of aliphatic hydroxyl groups is 1. The highest BCUT2D eigenvalue weighted by atomic mass is 32.1. The van der Waals surface area contributed by atoms with Crippen LogP contribution in [0.1, 0.15) is 44.1 Å². The van der Waals surface area contributed by atoms with Crippen molar-refractivity contribution < 1.29 is 9.90 Å². The predicted octanol–water partition coefficient (Wildman–Crippen LogP) is 2.29. The van der Waals surface area contributed by atoms with E-state index in [1.807, 2.05) is 11.8 Å². The largest absolute Gasteiger partial charge is 0.396 e. The Balaban J connectivity index is 1.94. The van der Waals surface area contributed by atoms with Crippen LogP contribution in [0.15, 0.2) is 0 Å². The number of carbonyl (C=O) groups excluding carboxylic acids is 1. The molecule has 1 saturated heterocycles. The fourth-order valence-corrected chi connectivity index (χ4v) is 3.62. The summed E-state index contributed by atoms with van der Waals surface area (Å²) in [5.74, 6) is 0.555. The number of nitrogens with zero attached hydrogens (tertiary/aromatic N) is 3. The molecule has 1 aromatic heterocycles. The van der Waals surface area contributed by atoms with Gasteiger partial charge in [-0.3, -0.25) is 0 Å². The Hall–Kier alpha value is -1.21. The molecule has 2 atom stereocenters. The fraction of sp³-hybridized carbons (Fsp3) is 0.812. The lowest BCUT2D eigenvalue weighted by Gasteiger charge is -2.42. The van der Waals surface area contributed by atoms with Crippen LogP contribution in [0.2, 0.25) is 0 Å². The maximum absolute atomic E-state index is 12.5. The number of aromatic nitrogens is 2. The van der Waals surface area contributed by atoms with E-state index < -0.39 is 0 Å². The summed E-state index contributed by atoms with van der Waals surface area (Å²) in [6.45, 7) is 10.5. The third kappa shape index (κ3) is 4.88. The Kier molecular flexibility index (Phi) is 5.97. The molecule has 0 aliphatic carbocycles. The van der Waals surface area contributed by atoms with Crippen LogP contribution in [-0.2, 0) is 13.0 Å². The van der Waals surface area contributed by atoms with Crippen LogP contribution in [0.4, 0.5) is 4.79 Å². The van der Waals surface area contributed by atoms with Gasteiger partial charge in [-0.05, 0) is 24.2 Å². The molecule has 0 spiro atoms. The SMILES string of the molecule is CCc1nnc(CNC(=O)N2C[C@@H](CO)C[C@@H](C(C)(C)C)C2)s1. The van der Waals surface area contributed by atoms with Crippen LogP contribution in [-0.4, -0.2) is 45.9 Å². The van der Waals surface area contributed by atoms with Crippen LogP contribution < -0.4 is 5.32 Å². The summed E-state index contributed by atoms with van der Waals surface area (Å²) in [7, 11) is 0. The minimum Gasteiger partial charge on any atom is -0.396 e. The van der Waals surface area contributed by atoms with Gasteiger partial charge >= 0.3 is 6.03 Å². The number of aliphatic hydroxyl groups excluding tert-OH is 1. The van der Waals surface area contributed by atoms with Crippen molar-refractivity contribution in [2.75, 3.05) is 19.7 Å². The molecule has 1 aromatic rings. The summed E-state index contributed by atoms with van der Waals surface area (Å²) in [6, 6.07) is -0.0781. The molecule has 2 rings (SSSR count). The normalized spacial score (nSPS) is 22.2. The average Bonchev–Trinajstić information content (AvgIpc) is 2.99. The molecule has 0 bridgehead atoms. The maximum Gasteiger partial charge on any atom is 0.317 e. The molecule has 0 radical (unpaired) electrons. The monoisotopic (exact) mass is 340 g/mol. The zero-order valence-corrected chi connectivity index (χ0v) is 15.3. The Labute approximate surface area is 142 Å². The van der Waals surface area contributed by atoms with Gasteiger partial charge in [0.1, 0.15) is 10.0 Å². The number of carbonyl (C=O) groups is 1. The molecule has 2 heterocycles. The predicted molar refractivity (Wildman–Crippen MR) is 91.2 cm³/mol. The molecule has 0 unspecified atom stereocenters. The van der Waals surface area contributed by atoms with Crippen molar-refractivity contribution in [3.63, 3.8) is 0 Å². The van der Waals surface area contributed by atoms with E-state index in [1.54, 1.807) is 0 Å². The standard InChI is InChI=1S/C16H28N4O2S/c1-5-13-18-19-14(23-13)7-17-15(22)20-8-11(10-21)6-12(9-20)16(2,3)4/h11-12,21H,5-10H2,1-4H3,(H,17,22)/t11-,12+/m0/s1. The second-order valence-corrected chi connectivity index (χ2v) is 8.50. The highest BCUT2D eigenvalue weighted by molar-refractivity contribution is 7.11. The molecule has 130 valence electrons. The molecule has 2 N–H and O–H groups in total. The van der Waals surface area contributed by atoms with E-state index in [4.69, 9.17) is 0 Å². The fourth-order valence-electron chi connectivity index (χ4n) is 2.89. The quantitative estimate of drug-likeness (QED) is 0.881. The first-order chi connectivity index (χ1) is 10.8. The van der Waals surface area contributed by atoms with E-state index in [-0.39, 0.29) is 24.0 Å². The molecule has 7 heteroatoms. The zero-order chi connectivity index (χ0) is 17.0. The second-order valence-electron chi connectivity index (χ2n) is 7.35. The van der Waals surface area contributed by atoms with Crippen LogP contribution in [0.3, 0.4) is 0 Å². The summed E-state index contributed by atoms with van der Waals surface area (Å²) in [5.41, 5.74) is 0.127. The summed E-state index contributed by atoms with van der Waals surface area (Å²) in [4.78, 5) is 14.3. The van der Waals surface area contributed by atoms with Crippen LogP contribution in [0.25, 0.3) is 0 Å². The van der Waals surface area contributed by atoms with Crippen molar-refractivity contribution in [2.24, 2.45) is 17.3 Å². The van der Waals surface area contributed by atoms with E-state index in [0.29, 0.717) is 19.0 Å². The number of hydrogen-bond acceptors (Lipinski definition) is 5. The second kappa shape index (κ2) is 7.57. The lowest BCUT2D eigenvalue weighted by atomic mass is 9.73. The van der Waals surface area contributed by atoms with Gasteiger partial charge in [0.25, 0.3) is 0 Å². The molecule has 1 aliphatic heterocycles. The van der Waals surface area contributed by atoms with Crippen molar-refractivity contribution in [1.82, 2.24) is 20.4 Å². The van der Waals surface area contributed by atoms with E-state index in [2.05, 4.69) is 36.3 Å². The topological polar surface area (TPSA) is 78.4 Å². The summed E-state index contributed by atoms with van der Waals surface area (Å²) in [6.07, 6.45) is 1.84. The highest BCUT2D eigenvalue weighted by Gasteiger charge is 2.35. The third-order valence-corrected chi connectivity index (χ3v) is 5.58. The van der Waals surface area contributed by atoms with E-state index in [9.17, 15) is 9.90 Å². The van der Waals surface area contributed by atoms with Gasteiger partial charge in [-0.1, -0.05) is 39.0 Å². The Morgan fingerprint density at radius 1 is 1.35 bits per heavy atom. The molecule has 23 heavy (non-hydrogen) atoms. The number of hydrogen-bond donors (Lipinski definition) is 2. The number of urea groups is 1. The van der Waals surface area contributed by atoms with Gasteiger partial charge in [-0.15, -0.1) is 10.2 Å². The highest BCUT2D eigenvalue weighted by Crippen LogP contribution is 2.35. The molecule has 1 aliphatic rings. The number of amides is 2. The number of nitrogens with one attached hydrogen (secondary N) is 1. The number of aryl methyl sites for hydroxylation is 1. The van der Waals surface area contributed by atoms with Crippen LogP contribution in [0.5, 0.6) is 0 Å². The summed E-state index contributed by atoms with van der Waals surface area (Å²) in [5, 5.41) is 22.4. The average molecular weight is 340 g/mol. The molecule has 6 nitrogen and oxygen atoms in total. The van der Waals surface area contributed by atoms with Crippen molar-refractivity contribution in [3.05, 3.63) is 10.0 Å². The lowest BCUT2D eigenvalue weighted by molar-refractivity contribution is 0.0556. The Morgan fingerprint density at radius 2 is 2.04 bits per heavy atom. The van der Waals surface area contributed by atoms with Gasteiger partial charge in [0.2, 0.25) is 0 Å². The van der Waals surface area contributed by atoms with Crippen molar-refractivity contribution in [3.8, 4) is 0 Å². The minimum absolute atomic E-state index is 0.0781. The first-order valence-electron chi connectivity index (χ1n) is 8.28. The molecular weight excluding hydrogens is 312 g/mol. The number of likely N-dealkylation sites (tertiary alicyclic amines) is 1. The Morgan fingerprint density at radius 3 is 2.61 bits per heavy atom. The minimum atomic E-state index is -0.0781. The molecule has 0 saturated carbocycles. The number of piperidine rings is 1. The first-order valence-corrected chi connectivity index (χ1v) is 9.10. The van der Waals surface area contributed by atoms with Gasteiger partial charge in [0, 0.05) is 25.6 Å². The van der Waals surface area contributed by atoms with Crippen molar-refractivity contribution in [1.29, 1.82) is 0 Å². The third-order valence-electron chi connectivity index (χ3n) is 4.51. The van der Waals surface area contributed by atoms with Crippen LogP contribution in [0, 0.1) is 17.3 Å². The molecule has 0 aromatic carbocycles. The molecule has 1 fully saturated rings. The van der Waals surface area contributed by atoms with E-state index in [0.717, 1.165) is 29.4 Å². The maximum atomic E-state index is 12.5. The zero-order valence-electron chi connectivity index (χ0n) is 14.5. The van der Waals surface area contributed by atoms with Gasteiger partial charge < -0.3 is 15.3 Å². The smallest absolute Gasteiger partial charge is 0.317 e. The molecular formula is C16H28N4O2S. The van der Waals surface area contributed by atoms with E-state index in [1.165, 1.54) is 11.3 Å². The first kappa shape index (κ1) is 18.1. The van der Waals surface area contributed by atoms with Crippen LogP contribution >= 0.6 is 11.3 Å². The van der Waals surface area contributed by atoms with Gasteiger partial charge in [-0.2, -0.15) is 0 Å². The summed E-state index contributed by atoms with van der Waals surface area (Å²) >= 11 is 1.54. The van der Waals surface area contributed by atoms with E-state index >= 15 is 0 Å². The van der Waals surface area contributed by atoms with Crippen molar-refractivity contribution in [2.45, 2.75) is 47.1 Å². The van der Waals surface area contributed by atoms with Gasteiger partial charge in [-0.25, -0.2) is 4.79 Å². The summed E-state index contributed by atoms with van der Waals surface area (Å²) < 4.78 is 0. The Bertz CT molecular complexity index is 526. The lowest BCUT2D eigenvalue weighted by Crippen LogP contribution is -2.51. The van der Waals surface area contributed by atoms with Crippen molar-refractivity contribution >= 4 is 17.4 Å². The number of rotatable bonds is 4. The van der Waals surface area contributed by atoms with Gasteiger partial charge in [0.05, 0.1) is 6.54 Å².